The summed E-state index contributed by atoms with van der Waals surface area (Å²) < 4.78 is 69.8. The summed E-state index contributed by atoms with van der Waals surface area (Å²) in [5, 5.41) is 0. The molecular formula is C24H31F3N2O3S. The topological polar surface area (TPSA) is 58.6 Å². The Morgan fingerprint density at radius 1 is 1.09 bits per heavy atom. The normalized spacial score (nSPS) is 19.9. The minimum absolute atomic E-state index is 0.159. The molecule has 0 spiro atoms. The van der Waals surface area contributed by atoms with Crippen molar-refractivity contribution >= 4 is 15.7 Å². The van der Waals surface area contributed by atoms with Crippen LogP contribution >= 0.6 is 0 Å². The first-order chi connectivity index (χ1) is 15.5. The van der Waals surface area contributed by atoms with Gasteiger partial charge in [0.05, 0.1) is 18.4 Å². The first-order valence-corrected chi connectivity index (χ1v) is 13.0. The van der Waals surface area contributed by atoms with Crippen LogP contribution in [0.5, 0.6) is 5.75 Å². The van der Waals surface area contributed by atoms with Gasteiger partial charge < -0.3 is 9.64 Å². The molecule has 2 atom stereocenters. The Balaban J connectivity index is 1.71. The van der Waals surface area contributed by atoms with Crippen LogP contribution in [-0.2, 0) is 16.2 Å². The van der Waals surface area contributed by atoms with Crippen LogP contribution in [0.15, 0.2) is 48.5 Å². The number of unbranched alkanes of at least 4 members (excludes halogenated alkanes) is 1. The van der Waals surface area contributed by atoms with Crippen molar-refractivity contribution in [3.63, 3.8) is 0 Å². The highest BCUT2D eigenvalue weighted by Gasteiger charge is 2.32. The van der Waals surface area contributed by atoms with Gasteiger partial charge in [0.2, 0.25) is 10.0 Å². The third kappa shape index (κ3) is 7.64. The summed E-state index contributed by atoms with van der Waals surface area (Å²) in [4.78, 5) is 2.42. The number of nitrogens with one attached hydrogen (secondary N) is 1. The summed E-state index contributed by atoms with van der Waals surface area (Å²) in [6.45, 7) is 5.36. The molecule has 1 saturated heterocycles. The van der Waals surface area contributed by atoms with Crippen LogP contribution in [0.3, 0.4) is 0 Å². The van der Waals surface area contributed by atoms with Crippen molar-refractivity contribution in [2.75, 3.05) is 37.2 Å². The number of halogens is 3. The second kappa shape index (κ2) is 10.8. The largest absolute Gasteiger partial charge is 0.493 e. The van der Waals surface area contributed by atoms with Crippen molar-refractivity contribution in [3.8, 4) is 5.75 Å². The maximum absolute atomic E-state index is 12.8. The Labute approximate surface area is 194 Å². The number of benzene rings is 2. The maximum Gasteiger partial charge on any atom is 0.416 e. The number of ether oxygens (including phenoxy) is 1. The van der Waals surface area contributed by atoms with E-state index >= 15 is 0 Å². The molecule has 5 nitrogen and oxygen atoms in total. The predicted molar refractivity (Wildman–Crippen MR) is 124 cm³/mol. The van der Waals surface area contributed by atoms with Gasteiger partial charge in [-0.3, -0.25) is 4.72 Å². The van der Waals surface area contributed by atoms with Gasteiger partial charge in [-0.2, -0.15) is 13.2 Å². The molecule has 0 aromatic heterocycles. The molecule has 1 aliphatic heterocycles. The molecule has 1 heterocycles. The van der Waals surface area contributed by atoms with Gasteiger partial charge in [0, 0.05) is 18.2 Å². The average molecular weight is 485 g/mol. The van der Waals surface area contributed by atoms with Crippen molar-refractivity contribution in [1.29, 1.82) is 0 Å². The Morgan fingerprint density at radius 3 is 2.33 bits per heavy atom. The lowest BCUT2D eigenvalue weighted by atomic mass is 9.80. The Bertz CT molecular complexity index is 993. The number of anilines is 1. The highest BCUT2D eigenvalue weighted by Crippen LogP contribution is 2.35. The summed E-state index contributed by atoms with van der Waals surface area (Å²) >= 11 is 0. The summed E-state index contributed by atoms with van der Waals surface area (Å²) in [6, 6.07) is 12.2. The fourth-order valence-corrected chi connectivity index (χ4v) is 4.82. The molecule has 2 unspecified atom stereocenters. The second-order valence-electron chi connectivity index (χ2n) is 8.64. The van der Waals surface area contributed by atoms with Gasteiger partial charge in [0.15, 0.2) is 0 Å². The predicted octanol–water partition coefficient (Wildman–Crippen LogP) is 5.36. The van der Waals surface area contributed by atoms with Gasteiger partial charge in [-0.1, -0.05) is 25.5 Å². The minimum atomic E-state index is -4.37. The molecule has 1 N–H and O–H groups in total. The Kier molecular flexibility index (Phi) is 8.28. The SMILES string of the molecule is CCCCN1CCC(c2ccc(NS(C)(=O)=O)cc2)C(COc2ccc(C(F)(F)F)cc2)C1. The zero-order valence-electron chi connectivity index (χ0n) is 18.9. The standard InChI is InChI=1S/C24H31F3N2O3S/c1-3-4-14-29-15-13-23(18-5-9-21(10-6-18)28-33(2,30)31)19(16-29)17-32-22-11-7-20(8-12-22)24(25,26)27/h5-12,19,23,28H,3-4,13-17H2,1-2H3. The summed E-state index contributed by atoms with van der Waals surface area (Å²) in [7, 11) is -3.34. The molecule has 0 bridgehead atoms. The highest BCUT2D eigenvalue weighted by atomic mass is 32.2. The van der Waals surface area contributed by atoms with Gasteiger partial charge in [0.25, 0.3) is 0 Å². The Hall–Kier alpha value is -2.26. The van der Waals surface area contributed by atoms with Crippen LogP contribution in [0, 0.1) is 5.92 Å². The number of hydrogen-bond donors (Lipinski definition) is 1. The van der Waals surface area contributed by atoms with Crippen molar-refractivity contribution in [3.05, 3.63) is 59.7 Å². The number of piperidine rings is 1. The lowest BCUT2D eigenvalue weighted by Crippen LogP contribution is -2.42. The molecule has 3 rings (SSSR count). The fourth-order valence-electron chi connectivity index (χ4n) is 4.26. The fraction of sp³-hybridized carbons (Fsp3) is 0.500. The van der Waals surface area contributed by atoms with Gasteiger partial charge in [-0.25, -0.2) is 8.42 Å². The molecule has 0 saturated carbocycles. The molecule has 2 aromatic carbocycles. The van der Waals surface area contributed by atoms with E-state index in [-0.39, 0.29) is 11.8 Å². The zero-order valence-corrected chi connectivity index (χ0v) is 19.8. The van der Waals surface area contributed by atoms with Gasteiger partial charge in [-0.15, -0.1) is 0 Å². The molecule has 33 heavy (non-hydrogen) atoms. The van der Waals surface area contributed by atoms with Crippen LogP contribution in [0.2, 0.25) is 0 Å². The monoisotopic (exact) mass is 484 g/mol. The lowest BCUT2D eigenvalue weighted by molar-refractivity contribution is -0.137. The molecular weight excluding hydrogens is 453 g/mol. The van der Waals surface area contributed by atoms with Crippen molar-refractivity contribution in [2.45, 2.75) is 38.3 Å². The third-order valence-corrected chi connectivity index (χ3v) is 6.54. The minimum Gasteiger partial charge on any atom is -0.493 e. The molecule has 9 heteroatoms. The number of nitrogens with zero attached hydrogens (tertiary/aromatic N) is 1. The van der Waals surface area contributed by atoms with Crippen LogP contribution in [0.25, 0.3) is 0 Å². The van der Waals surface area contributed by atoms with E-state index in [1.54, 1.807) is 12.1 Å². The third-order valence-electron chi connectivity index (χ3n) is 5.93. The Morgan fingerprint density at radius 2 is 1.76 bits per heavy atom. The lowest BCUT2D eigenvalue weighted by Gasteiger charge is -2.39. The second-order valence-corrected chi connectivity index (χ2v) is 10.4. The van der Waals surface area contributed by atoms with Crippen molar-refractivity contribution in [2.24, 2.45) is 5.92 Å². The summed E-state index contributed by atoms with van der Waals surface area (Å²) in [5.41, 5.74) is 0.920. The van der Waals surface area contributed by atoms with Crippen LogP contribution in [-0.4, -0.2) is 45.8 Å². The van der Waals surface area contributed by atoms with Crippen molar-refractivity contribution < 1.29 is 26.3 Å². The van der Waals surface area contributed by atoms with E-state index < -0.39 is 21.8 Å². The van der Waals surface area contributed by atoms with E-state index in [1.807, 2.05) is 12.1 Å². The quantitative estimate of drug-likeness (QED) is 0.521. The van der Waals surface area contributed by atoms with Gasteiger partial charge >= 0.3 is 6.18 Å². The smallest absolute Gasteiger partial charge is 0.416 e. The van der Waals surface area contributed by atoms with Gasteiger partial charge in [0.1, 0.15) is 5.75 Å². The average Bonchev–Trinajstić information content (AvgIpc) is 2.75. The molecule has 0 aliphatic carbocycles. The van der Waals surface area contributed by atoms with E-state index in [2.05, 4.69) is 16.5 Å². The van der Waals surface area contributed by atoms with Crippen molar-refractivity contribution in [1.82, 2.24) is 4.90 Å². The number of rotatable bonds is 9. The van der Waals surface area contributed by atoms with E-state index in [0.717, 1.165) is 62.8 Å². The molecule has 0 amide bonds. The van der Waals surface area contributed by atoms with Crippen LogP contribution in [0.1, 0.15) is 43.2 Å². The summed E-state index contributed by atoms with van der Waals surface area (Å²) in [5.74, 6) is 0.788. The number of sulfonamides is 1. The van der Waals surface area contributed by atoms with E-state index in [9.17, 15) is 21.6 Å². The molecule has 2 aromatic rings. The summed E-state index contributed by atoms with van der Waals surface area (Å²) in [6.07, 6.45) is -0.0967. The first kappa shape index (κ1) is 25.4. The maximum atomic E-state index is 12.8. The molecule has 0 radical (unpaired) electrons. The first-order valence-electron chi connectivity index (χ1n) is 11.2. The van der Waals surface area contributed by atoms with E-state index in [1.165, 1.54) is 12.1 Å². The van der Waals surface area contributed by atoms with Crippen LogP contribution < -0.4 is 9.46 Å². The number of likely N-dealkylation sites (tertiary alicyclic amines) is 1. The molecule has 182 valence electrons. The van der Waals surface area contributed by atoms with E-state index in [0.29, 0.717) is 18.0 Å². The molecule has 1 fully saturated rings. The van der Waals surface area contributed by atoms with E-state index in [4.69, 9.17) is 4.74 Å². The van der Waals surface area contributed by atoms with Gasteiger partial charge in [-0.05, 0) is 73.8 Å². The van der Waals surface area contributed by atoms with Crippen LogP contribution in [0.4, 0.5) is 18.9 Å². The highest BCUT2D eigenvalue weighted by molar-refractivity contribution is 7.92. The number of alkyl halides is 3. The molecule has 1 aliphatic rings. The number of hydrogen-bond acceptors (Lipinski definition) is 4. The zero-order chi connectivity index (χ0) is 24.1.